The Morgan fingerprint density at radius 1 is 1.60 bits per heavy atom. The van der Waals surface area contributed by atoms with Crippen molar-refractivity contribution in [3.63, 3.8) is 0 Å². The molecule has 0 aromatic rings. The predicted molar refractivity (Wildman–Crippen MR) is 22.4 cm³/mol. The van der Waals surface area contributed by atoms with Gasteiger partial charge in [-0.1, -0.05) is 13.8 Å². The van der Waals surface area contributed by atoms with Crippen molar-refractivity contribution in [2.75, 3.05) is 0 Å². The predicted octanol–water partition coefficient (Wildman–Crippen LogP) is 1.43. The third kappa shape index (κ3) is 4.00. The minimum absolute atomic E-state index is 0.426. The summed E-state index contributed by atoms with van der Waals surface area (Å²) >= 11 is 0. The zero-order valence-electron chi connectivity index (χ0n) is 3.65. The summed E-state index contributed by atoms with van der Waals surface area (Å²) in [6.07, 6.45) is 1.42. The molecular weight excluding hydrogens is 60.1 g/mol. The van der Waals surface area contributed by atoms with Gasteiger partial charge in [0.1, 0.15) is 0 Å². The van der Waals surface area contributed by atoms with E-state index in [9.17, 15) is 0 Å². The fourth-order valence-corrected chi connectivity index (χ4v) is 0. The van der Waals surface area contributed by atoms with E-state index in [0.29, 0.717) is 5.92 Å². The Bertz CT molecular complexity index is 14.0. The van der Waals surface area contributed by atoms with Gasteiger partial charge in [0.05, 0.1) is 0 Å². The van der Waals surface area contributed by atoms with Gasteiger partial charge in [0.15, 0.2) is 0 Å². The second kappa shape index (κ2) is 2.25. The molecule has 0 aliphatic heterocycles. The van der Waals surface area contributed by atoms with Crippen molar-refractivity contribution in [2.24, 2.45) is 5.92 Å². The van der Waals surface area contributed by atoms with E-state index in [4.69, 9.17) is 6.92 Å². The Kier molecular flexibility index (Phi) is 2.25. The molecule has 0 unspecified atom stereocenters. The minimum Gasteiger partial charge on any atom is -0.0625 e. The molecule has 0 amide bonds. The van der Waals surface area contributed by atoms with Crippen LogP contribution in [-0.2, 0) is 0 Å². The quantitative estimate of drug-likeness (QED) is 0.436. The molecule has 0 heteroatoms. The maximum absolute atomic E-state index is 6.53. The summed E-state index contributed by atoms with van der Waals surface area (Å²) < 4.78 is 0. The highest BCUT2D eigenvalue weighted by atomic mass is 13.9. The van der Waals surface area contributed by atoms with Crippen LogP contribution in [0.5, 0.6) is 0 Å². The van der Waals surface area contributed by atoms with Gasteiger partial charge in [-0.15, -0.1) is 0 Å². The van der Waals surface area contributed by atoms with Gasteiger partial charge in [0.25, 0.3) is 0 Å². The molecule has 0 N–H and O–H groups in total. The topological polar surface area (TPSA) is 0 Å². The smallest absolute Gasteiger partial charge is 0.00507 e. The zero-order valence-corrected chi connectivity index (χ0v) is 3.65. The molecule has 0 aliphatic rings. The maximum Gasteiger partial charge on any atom is -0.00507 e. The lowest BCUT2D eigenvalue weighted by molar-refractivity contribution is 0.784. The highest BCUT2D eigenvalue weighted by molar-refractivity contribution is 4.69. The lowest BCUT2D eigenvalue weighted by atomic mass is 10.2. The van der Waals surface area contributed by atoms with E-state index in [2.05, 4.69) is 0 Å². The summed E-state index contributed by atoms with van der Waals surface area (Å²) in [4.78, 5) is 0. The average molecular weight is 68.1 g/mol. The van der Waals surface area contributed by atoms with E-state index in [1.807, 2.05) is 13.8 Å². The van der Waals surface area contributed by atoms with Crippen molar-refractivity contribution >= 4 is 0 Å². The van der Waals surface area contributed by atoms with Crippen LogP contribution in [0.4, 0.5) is 0 Å². The van der Waals surface area contributed by atoms with Gasteiger partial charge in [0, 0.05) is 0 Å². The van der Waals surface area contributed by atoms with Gasteiger partial charge < -0.3 is 0 Å². The van der Waals surface area contributed by atoms with Crippen LogP contribution < -0.4 is 0 Å². The molecule has 0 aliphatic carbocycles. The van der Waals surface area contributed by atoms with Crippen LogP contribution in [0.25, 0.3) is 0 Å². The highest BCUT2D eigenvalue weighted by Gasteiger charge is 1.81. The Morgan fingerprint density at radius 2 is 1.80 bits per heavy atom. The summed E-state index contributed by atoms with van der Waals surface area (Å²) in [6, 6.07) is 0. The molecule has 0 aromatic carbocycles. The molecule has 0 spiro atoms. The molecule has 4 radical (unpaired) electrons. The van der Waals surface area contributed by atoms with E-state index in [-0.39, 0.29) is 0 Å². The van der Waals surface area contributed by atoms with E-state index in [0.717, 1.165) is 0 Å². The fourth-order valence-electron chi connectivity index (χ4n) is 0. The van der Waals surface area contributed by atoms with Gasteiger partial charge in [-0.2, -0.15) is 0 Å². The molecule has 0 saturated heterocycles. The Hall–Kier alpha value is 0. The van der Waals surface area contributed by atoms with Gasteiger partial charge in [-0.3, -0.25) is 0 Å². The van der Waals surface area contributed by atoms with E-state index < -0.39 is 0 Å². The number of rotatable bonds is 1. The monoisotopic (exact) mass is 68.1 g/mol. The second-order valence-corrected chi connectivity index (χ2v) is 1.41. The van der Waals surface area contributed by atoms with E-state index in [1.54, 1.807) is 0 Å². The molecule has 0 rings (SSSR count). The lowest BCUT2D eigenvalue weighted by Gasteiger charge is -1.89. The molecule has 0 bridgehead atoms. The minimum atomic E-state index is 0.426. The van der Waals surface area contributed by atoms with Gasteiger partial charge in [-0.05, 0) is 19.3 Å². The molecule has 0 heterocycles. The van der Waals surface area contributed by atoms with Crippen LogP contribution in [0, 0.1) is 19.3 Å². The SMILES string of the molecule is [C][CH]C(C)C. The van der Waals surface area contributed by atoms with E-state index >= 15 is 0 Å². The first kappa shape index (κ1) is 5.00. The van der Waals surface area contributed by atoms with Crippen molar-refractivity contribution in [2.45, 2.75) is 13.8 Å². The van der Waals surface area contributed by atoms with Crippen molar-refractivity contribution in [1.82, 2.24) is 0 Å². The van der Waals surface area contributed by atoms with Crippen LogP contribution in [0.3, 0.4) is 0 Å². The number of hydrogen-bond donors (Lipinski definition) is 0. The van der Waals surface area contributed by atoms with Crippen LogP contribution >= 0.6 is 0 Å². The molecule has 0 nitrogen and oxygen atoms in total. The first-order chi connectivity index (χ1) is 2.27. The fraction of sp³-hybridized carbons (Fsp3) is 0.600. The van der Waals surface area contributed by atoms with E-state index in [1.165, 1.54) is 6.42 Å². The van der Waals surface area contributed by atoms with Gasteiger partial charge >= 0.3 is 0 Å². The molecule has 0 saturated carbocycles. The standard InChI is InChI=1S/C5H8/c1-4-5(2)3/h4-5H,2-3H3. The molecule has 0 atom stereocenters. The van der Waals surface area contributed by atoms with Crippen molar-refractivity contribution in [3.05, 3.63) is 13.3 Å². The summed E-state index contributed by atoms with van der Waals surface area (Å²) in [5.74, 6) is 0.426. The molecule has 28 valence electrons. The van der Waals surface area contributed by atoms with Gasteiger partial charge in [-0.25, -0.2) is 0 Å². The average Bonchev–Trinajstić information content (AvgIpc) is 1.38. The Balaban J connectivity index is 2.54. The first-order valence-electron chi connectivity index (χ1n) is 1.78. The molecular formula is C5H8. The van der Waals surface area contributed by atoms with Crippen LogP contribution in [0.15, 0.2) is 0 Å². The third-order valence-electron chi connectivity index (χ3n) is 0.333. The summed E-state index contributed by atoms with van der Waals surface area (Å²) in [5.41, 5.74) is 0. The van der Waals surface area contributed by atoms with Crippen LogP contribution in [0.2, 0.25) is 0 Å². The largest absolute Gasteiger partial charge is 0.0625 e. The van der Waals surface area contributed by atoms with Crippen LogP contribution in [0.1, 0.15) is 13.8 Å². The Morgan fingerprint density at radius 3 is 1.80 bits per heavy atom. The normalized spacial score (nSPS) is 9.60. The molecule has 0 aromatic heterocycles. The maximum atomic E-state index is 6.53. The summed E-state index contributed by atoms with van der Waals surface area (Å²) in [7, 11) is 0. The highest BCUT2D eigenvalue weighted by Crippen LogP contribution is 1.91. The van der Waals surface area contributed by atoms with Crippen molar-refractivity contribution < 1.29 is 0 Å². The first-order valence-corrected chi connectivity index (χ1v) is 1.78. The summed E-state index contributed by atoms with van der Waals surface area (Å²) in [6.45, 7) is 10.5. The second-order valence-electron chi connectivity index (χ2n) is 1.41. The van der Waals surface area contributed by atoms with Crippen molar-refractivity contribution in [3.8, 4) is 0 Å². The summed E-state index contributed by atoms with van der Waals surface area (Å²) in [5, 5.41) is 0. The Labute approximate surface area is 34.2 Å². The van der Waals surface area contributed by atoms with Gasteiger partial charge in [0.2, 0.25) is 0 Å². The lowest BCUT2D eigenvalue weighted by Crippen LogP contribution is -1.79. The molecule has 5 heavy (non-hydrogen) atoms. The third-order valence-corrected chi connectivity index (χ3v) is 0.333. The zero-order chi connectivity index (χ0) is 4.28. The number of hydrogen-bond acceptors (Lipinski definition) is 0. The van der Waals surface area contributed by atoms with Crippen molar-refractivity contribution in [1.29, 1.82) is 0 Å². The molecule has 0 fully saturated rings. The van der Waals surface area contributed by atoms with Crippen LogP contribution in [-0.4, -0.2) is 0 Å².